The molecule has 0 fully saturated rings. The largest absolute Gasteiger partial charge is 0.493 e. The maximum Gasteiger partial charge on any atom is 0.416 e. The maximum atomic E-state index is 12.8. The Balaban J connectivity index is 1.89. The van der Waals surface area contributed by atoms with Crippen LogP contribution >= 0.6 is 0 Å². The monoisotopic (exact) mass is 425 g/mol. The normalized spacial score (nSPS) is 12.1. The molecule has 0 bridgehead atoms. The van der Waals surface area contributed by atoms with E-state index in [1.165, 1.54) is 33.3 Å². The summed E-state index contributed by atoms with van der Waals surface area (Å²) < 4.78 is 53.7. The summed E-state index contributed by atoms with van der Waals surface area (Å²) in [4.78, 5) is 24.2. The van der Waals surface area contributed by atoms with Gasteiger partial charge in [-0.15, -0.1) is 0 Å². The van der Waals surface area contributed by atoms with Crippen molar-refractivity contribution in [3.05, 3.63) is 53.6 Å². The van der Waals surface area contributed by atoms with Crippen LogP contribution in [-0.2, 0) is 26.9 Å². The standard InChI is InChI=1S/C21H22F3NO5/c1-13(20(27)25-16-6-4-5-15(12-16)21(22,23)24)30-19(26)10-8-14-7-9-17(28-2)18(11-14)29-3/h4-7,9,11-13H,8,10H2,1-3H3,(H,25,27). The first kappa shape index (κ1) is 23.1. The maximum absolute atomic E-state index is 12.8. The van der Waals surface area contributed by atoms with Gasteiger partial charge in [0, 0.05) is 12.1 Å². The molecule has 2 rings (SSSR count). The van der Waals surface area contributed by atoms with E-state index in [2.05, 4.69) is 5.32 Å². The third-order valence-corrected chi connectivity index (χ3v) is 4.20. The van der Waals surface area contributed by atoms with E-state index in [1.807, 2.05) is 0 Å². The Morgan fingerprint density at radius 3 is 2.37 bits per heavy atom. The highest BCUT2D eigenvalue weighted by atomic mass is 19.4. The molecule has 0 spiro atoms. The molecule has 1 unspecified atom stereocenters. The zero-order chi connectivity index (χ0) is 22.3. The number of esters is 1. The van der Waals surface area contributed by atoms with Gasteiger partial charge in [-0.05, 0) is 49.2 Å². The Bertz CT molecular complexity index is 898. The molecule has 2 aromatic rings. The highest BCUT2D eigenvalue weighted by Crippen LogP contribution is 2.31. The van der Waals surface area contributed by atoms with Gasteiger partial charge in [-0.1, -0.05) is 12.1 Å². The number of aryl methyl sites for hydroxylation is 1. The average Bonchev–Trinajstić information content (AvgIpc) is 2.71. The van der Waals surface area contributed by atoms with Gasteiger partial charge in [-0.25, -0.2) is 0 Å². The van der Waals surface area contributed by atoms with E-state index in [9.17, 15) is 22.8 Å². The first-order valence-electron chi connectivity index (χ1n) is 9.02. The molecule has 0 aliphatic heterocycles. The van der Waals surface area contributed by atoms with Gasteiger partial charge in [-0.2, -0.15) is 13.2 Å². The first-order valence-corrected chi connectivity index (χ1v) is 9.02. The van der Waals surface area contributed by atoms with Crippen molar-refractivity contribution in [3.63, 3.8) is 0 Å². The lowest BCUT2D eigenvalue weighted by Crippen LogP contribution is -2.30. The number of carbonyl (C=O) groups excluding carboxylic acids is 2. The second kappa shape index (κ2) is 10.00. The summed E-state index contributed by atoms with van der Waals surface area (Å²) in [6.07, 6.45) is -5.33. The van der Waals surface area contributed by atoms with Gasteiger partial charge in [0.25, 0.3) is 5.91 Å². The molecule has 30 heavy (non-hydrogen) atoms. The number of hydrogen-bond acceptors (Lipinski definition) is 5. The number of rotatable bonds is 8. The molecule has 0 aliphatic rings. The highest BCUT2D eigenvalue weighted by Gasteiger charge is 2.30. The Kier molecular flexibility index (Phi) is 7.68. The lowest BCUT2D eigenvalue weighted by atomic mass is 10.1. The van der Waals surface area contributed by atoms with Crippen LogP contribution < -0.4 is 14.8 Å². The zero-order valence-electron chi connectivity index (χ0n) is 16.7. The molecule has 0 radical (unpaired) electrons. The van der Waals surface area contributed by atoms with Crippen molar-refractivity contribution in [2.45, 2.75) is 32.0 Å². The van der Waals surface area contributed by atoms with E-state index in [1.54, 1.807) is 18.2 Å². The summed E-state index contributed by atoms with van der Waals surface area (Å²) in [6, 6.07) is 9.42. The number of carbonyl (C=O) groups is 2. The van der Waals surface area contributed by atoms with Gasteiger partial charge in [0.05, 0.1) is 19.8 Å². The fourth-order valence-electron chi connectivity index (χ4n) is 2.61. The topological polar surface area (TPSA) is 73.9 Å². The second-order valence-corrected chi connectivity index (χ2v) is 6.39. The summed E-state index contributed by atoms with van der Waals surface area (Å²) in [5, 5.41) is 2.31. The lowest BCUT2D eigenvalue weighted by Gasteiger charge is -2.15. The summed E-state index contributed by atoms with van der Waals surface area (Å²) in [7, 11) is 3.02. The first-order chi connectivity index (χ1) is 14.1. The molecule has 6 nitrogen and oxygen atoms in total. The van der Waals surface area contributed by atoms with E-state index >= 15 is 0 Å². The minimum Gasteiger partial charge on any atom is -0.493 e. The van der Waals surface area contributed by atoms with Gasteiger partial charge in [0.1, 0.15) is 0 Å². The van der Waals surface area contributed by atoms with E-state index in [0.717, 1.165) is 17.7 Å². The van der Waals surface area contributed by atoms with Crippen molar-refractivity contribution in [1.82, 2.24) is 0 Å². The summed E-state index contributed by atoms with van der Waals surface area (Å²) in [5.74, 6) is -0.258. The molecule has 0 heterocycles. The van der Waals surface area contributed by atoms with Crippen molar-refractivity contribution in [2.75, 3.05) is 19.5 Å². The molecule has 9 heteroatoms. The van der Waals surface area contributed by atoms with Crippen molar-refractivity contribution < 1.29 is 37.0 Å². The molecule has 1 amide bonds. The molecule has 0 saturated heterocycles. The molecular formula is C21H22F3NO5. The highest BCUT2D eigenvalue weighted by molar-refractivity contribution is 5.95. The summed E-state index contributed by atoms with van der Waals surface area (Å²) in [5.41, 5.74) is -0.117. The van der Waals surface area contributed by atoms with E-state index in [0.29, 0.717) is 17.9 Å². The number of benzene rings is 2. The average molecular weight is 425 g/mol. The fourth-order valence-corrected chi connectivity index (χ4v) is 2.61. The number of anilines is 1. The molecule has 2 aromatic carbocycles. The van der Waals surface area contributed by atoms with Crippen molar-refractivity contribution in [1.29, 1.82) is 0 Å². The zero-order valence-corrected chi connectivity index (χ0v) is 16.7. The Hall–Kier alpha value is -3.23. The molecular weight excluding hydrogens is 403 g/mol. The SMILES string of the molecule is COc1ccc(CCC(=O)OC(C)C(=O)Nc2cccc(C(F)(F)F)c2)cc1OC. The predicted octanol–water partition coefficient (Wildman–Crippen LogP) is 4.23. The van der Waals surface area contributed by atoms with Crippen LogP contribution in [0.3, 0.4) is 0 Å². The van der Waals surface area contributed by atoms with Gasteiger partial charge in [0.2, 0.25) is 0 Å². The van der Waals surface area contributed by atoms with E-state index in [4.69, 9.17) is 14.2 Å². The number of hydrogen-bond donors (Lipinski definition) is 1. The van der Waals surface area contributed by atoms with Crippen LogP contribution in [0.1, 0.15) is 24.5 Å². The molecule has 1 atom stereocenters. The van der Waals surface area contributed by atoms with Crippen LogP contribution in [0.15, 0.2) is 42.5 Å². The Morgan fingerprint density at radius 1 is 1.03 bits per heavy atom. The van der Waals surface area contributed by atoms with Crippen LogP contribution in [0.2, 0.25) is 0 Å². The van der Waals surface area contributed by atoms with Crippen molar-refractivity contribution >= 4 is 17.6 Å². The third kappa shape index (κ3) is 6.40. The number of amides is 1. The van der Waals surface area contributed by atoms with E-state index < -0.39 is 29.7 Å². The Labute approximate surface area is 171 Å². The van der Waals surface area contributed by atoms with Crippen LogP contribution in [0.5, 0.6) is 11.5 Å². The summed E-state index contributed by atoms with van der Waals surface area (Å²) >= 11 is 0. The van der Waals surface area contributed by atoms with Crippen molar-refractivity contribution in [3.8, 4) is 11.5 Å². The number of nitrogens with one attached hydrogen (secondary N) is 1. The van der Waals surface area contributed by atoms with Gasteiger partial charge in [0.15, 0.2) is 17.6 Å². The number of methoxy groups -OCH3 is 2. The molecule has 162 valence electrons. The number of alkyl halides is 3. The number of halogens is 3. The summed E-state index contributed by atoms with van der Waals surface area (Å²) in [6.45, 7) is 1.34. The fraction of sp³-hybridized carbons (Fsp3) is 0.333. The van der Waals surface area contributed by atoms with Crippen LogP contribution in [0.25, 0.3) is 0 Å². The number of ether oxygens (including phenoxy) is 3. The molecule has 1 N–H and O–H groups in total. The second-order valence-electron chi connectivity index (χ2n) is 6.39. The van der Waals surface area contributed by atoms with Crippen LogP contribution in [-0.4, -0.2) is 32.2 Å². The molecule has 0 aromatic heterocycles. The van der Waals surface area contributed by atoms with Crippen LogP contribution in [0.4, 0.5) is 18.9 Å². The quantitative estimate of drug-likeness (QED) is 0.641. The van der Waals surface area contributed by atoms with Gasteiger partial charge in [-0.3, -0.25) is 9.59 Å². The lowest BCUT2D eigenvalue weighted by molar-refractivity contribution is -0.153. The molecule has 0 saturated carbocycles. The van der Waals surface area contributed by atoms with Crippen molar-refractivity contribution in [2.24, 2.45) is 0 Å². The van der Waals surface area contributed by atoms with Gasteiger partial charge >= 0.3 is 12.1 Å². The third-order valence-electron chi connectivity index (χ3n) is 4.20. The Morgan fingerprint density at radius 2 is 1.73 bits per heavy atom. The smallest absolute Gasteiger partial charge is 0.416 e. The minimum atomic E-state index is -4.52. The molecule has 0 aliphatic carbocycles. The van der Waals surface area contributed by atoms with Crippen LogP contribution in [0, 0.1) is 0 Å². The predicted molar refractivity (Wildman–Crippen MR) is 103 cm³/mol. The van der Waals surface area contributed by atoms with Gasteiger partial charge < -0.3 is 19.5 Å². The van der Waals surface area contributed by atoms with E-state index in [-0.39, 0.29) is 12.1 Å². The minimum absolute atomic E-state index is 0.0106.